The van der Waals surface area contributed by atoms with Gasteiger partial charge in [0.2, 0.25) is 0 Å². The maximum Gasteiger partial charge on any atom is 0.255 e. The molecule has 3 heteroatoms. The highest BCUT2D eigenvalue weighted by Gasteiger charge is 2.08. The number of carbonyl (C=O) groups is 1. The number of nitrogens with one attached hydrogen (secondary N) is 1. The largest absolute Gasteiger partial charge is 0.322 e. The number of aryl methyl sites for hydroxylation is 1. The first kappa shape index (κ1) is 18.5. The van der Waals surface area contributed by atoms with E-state index in [9.17, 15) is 4.79 Å². The number of fused-ring (bicyclic) bond motifs is 1. The summed E-state index contributed by atoms with van der Waals surface area (Å²) in [7, 11) is 0. The maximum absolute atomic E-state index is 12.5. The number of hydrogen-bond acceptors (Lipinski definition) is 1. The summed E-state index contributed by atoms with van der Waals surface area (Å²) in [4.78, 5) is 12.5. The second kappa shape index (κ2) is 7.99. The number of halogens is 1. The summed E-state index contributed by atoms with van der Waals surface area (Å²) in [6.45, 7) is 1.99. The molecular formula is C25H20BrNO. The van der Waals surface area contributed by atoms with Crippen LogP contribution in [0.4, 0.5) is 5.69 Å². The lowest BCUT2D eigenvalue weighted by atomic mass is 10.0. The highest BCUT2D eigenvalue weighted by molar-refractivity contribution is 9.10. The quantitative estimate of drug-likeness (QED) is 0.381. The van der Waals surface area contributed by atoms with E-state index >= 15 is 0 Å². The Balaban J connectivity index is 1.48. The van der Waals surface area contributed by atoms with Crippen molar-refractivity contribution in [3.8, 4) is 0 Å². The molecule has 4 aromatic rings. The lowest BCUT2D eigenvalue weighted by Gasteiger charge is -2.09. The molecule has 0 heterocycles. The van der Waals surface area contributed by atoms with E-state index in [1.807, 2.05) is 55.5 Å². The number of rotatable bonds is 4. The van der Waals surface area contributed by atoms with Gasteiger partial charge in [0.1, 0.15) is 0 Å². The van der Waals surface area contributed by atoms with Crippen LogP contribution in [0.3, 0.4) is 0 Å². The van der Waals surface area contributed by atoms with Crippen LogP contribution in [0.1, 0.15) is 27.0 Å². The molecule has 0 bridgehead atoms. The van der Waals surface area contributed by atoms with E-state index in [1.165, 1.54) is 21.9 Å². The van der Waals surface area contributed by atoms with Crippen molar-refractivity contribution in [2.45, 2.75) is 13.3 Å². The number of carbonyl (C=O) groups excluding carboxylic acids is 1. The molecule has 0 aromatic heterocycles. The van der Waals surface area contributed by atoms with Gasteiger partial charge in [-0.2, -0.15) is 0 Å². The highest BCUT2D eigenvalue weighted by atomic mass is 79.9. The van der Waals surface area contributed by atoms with Gasteiger partial charge in [-0.15, -0.1) is 0 Å². The van der Waals surface area contributed by atoms with Crippen molar-refractivity contribution in [1.82, 2.24) is 0 Å². The standard InChI is InChI=1S/C25H20BrNO/c1-17-4-2-3-5-24(17)27-25(28)20-9-6-18(7-10-20)14-19-8-11-22-16-23(26)13-12-21(22)15-19/h2-13,15-16H,14H2,1H3,(H,27,28). The molecule has 0 aliphatic carbocycles. The Bertz CT molecular complexity index is 1150. The number of hydrogen-bond donors (Lipinski definition) is 1. The molecule has 0 atom stereocenters. The molecule has 1 amide bonds. The summed E-state index contributed by atoms with van der Waals surface area (Å²) in [5.74, 6) is -0.0860. The molecular weight excluding hydrogens is 410 g/mol. The Morgan fingerprint density at radius 2 is 1.50 bits per heavy atom. The van der Waals surface area contributed by atoms with E-state index in [0.717, 1.165) is 22.1 Å². The van der Waals surface area contributed by atoms with Crippen molar-refractivity contribution in [1.29, 1.82) is 0 Å². The van der Waals surface area contributed by atoms with Crippen molar-refractivity contribution in [2.75, 3.05) is 5.32 Å². The molecule has 2 nitrogen and oxygen atoms in total. The van der Waals surface area contributed by atoms with Gasteiger partial charge in [-0.05, 0) is 71.1 Å². The van der Waals surface area contributed by atoms with E-state index in [0.29, 0.717) is 5.56 Å². The van der Waals surface area contributed by atoms with E-state index in [-0.39, 0.29) is 5.91 Å². The lowest BCUT2D eigenvalue weighted by molar-refractivity contribution is 0.102. The fourth-order valence-corrected chi connectivity index (χ4v) is 3.67. The molecule has 0 aliphatic heterocycles. The predicted molar refractivity (Wildman–Crippen MR) is 120 cm³/mol. The van der Waals surface area contributed by atoms with Gasteiger partial charge in [-0.1, -0.05) is 70.5 Å². The number of amides is 1. The Hall–Kier alpha value is -2.91. The first-order valence-electron chi connectivity index (χ1n) is 9.22. The van der Waals surface area contributed by atoms with Crippen LogP contribution < -0.4 is 5.32 Å². The minimum absolute atomic E-state index is 0.0860. The van der Waals surface area contributed by atoms with Crippen molar-refractivity contribution in [2.24, 2.45) is 0 Å². The summed E-state index contributed by atoms with van der Waals surface area (Å²) < 4.78 is 1.09. The topological polar surface area (TPSA) is 29.1 Å². The molecule has 0 spiro atoms. The Kier molecular flexibility index (Phi) is 5.27. The normalized spacial score (nSPS) is 10.8. The summed E-state index contributed by atoms with van der Waals surface area (Å²) in [6, 6.07) is 28.5. The molecule has 4 rings (SSSR count). The van der Waals surface area contributed by atoms with Crippen molar-refractivity contribution >= 4 is 38.3 Å². The number of para-hydroxylation sites is 1. The van der Waals surface area contributed by atoms with Gasteiger partial charge in [0.05, 0.1) is 0 Å². The third kappa shape index (κ3) is 4.15. The number of anilines is 1. The molecule has 0 aliphatic rings. The van der Waals surface area contributed by atoms with Crippen LogP contribution in [-0.4, -0.2) is 5.91 Å². The molecule has 0 saturated carbocycles. The Labute approximate surface area is 173 Å². The third-order valence-electron chi connectivity index (χ3n) is 4.88. The van der Waals surface area contributed by atoms with Gasteiger partial charge in [0.15, 0.2) is 0 Å². The zero-order valence-corrected chi connectivity index (χ0v) is 17.2. The first-order chi connectivity index (χ1) is 13.6. The lowest BCUT2D eigenvalue weighted by Crippen LogP contribution is -2.12. The summed E-state index contributed by atoms with van der Waals surface area (Å²) in [5.41, 5.74) is 5.00. The zero-order valence-electron chi connectivity index (χ0n) is 15.6. The fourth-order valence-electron chi connectivity index (χ4n) is 3.29. The SMILES string of the molecule is Cc1ccccc1NC(=O)c1ccc(Cc2ccc3cc(Br)ccc3c2)cc1. The van der Waals surface area contributed by atoms with E-state index in [4.69, 9.17) is 0 Å². The van der Waals surface area contributed by atoms with Gasteiger partial charge in [-0.3, -0.25) is 4.79 Å². The molecule has 1 N–H and O–H groups in total. The first-order valence-corrected chi connectivity index (χ1v) is 10.0. The van der Waals surface area contributed by atoms with Crippen LogP contribution in [0.15, 0.2) is 89.4 Å². The molecule has 0 fully saturated rings. The van der Waals surface area contributed by atoms with Gasteiger partial charge in [-0.25, -0.2) is 0 Å². The second-order valence-electron chi connectivity index (χ2n) is 6.97. The van der Waals surface area contributed by atoms with Crippen LogP contribution in [0, 0.1) is 6.92 Å². The molecule has 138 valence electrons. The molecule has 0 unspecified atom stereocenters. The average molecular weight is 430 g/mol. The van der Waals surface area contributed by atoms with Crippen LogP contribution in [0.25, 0.3) is 10.8 Å². The molecule has 0 radical (unpaired) electrons. The summed E-state index contributed by atoms with van der Waals surface area (Å²) in [6.07, 6.45) is 0.839. The van der Waals surface area contributed by atoms with Gasteiger partial charge in [0, 0.05) is 15.7 Å². The van der Waals surface area contributed by atoms with E-state index < -0.39 is 0 Å². The zero-order chi connectivity index (χ0) is 19.5. The fraction of sp³-hybridized carbons (Fsp3) is 0.0800. The second-order valence-corrected chi connectivity index (χ2v) is 7.88. The Morgan fingerprint density at radius 1 is 0.821 bits per heavy atom. The monoisotopic (exact) mass is 429 g/mol. The van der Waals surface area contributed by atoms with Crippen LogP contribution in [-0.2, 0) is 6.42 Å². The highest BCUT2D eigenvalue weighted by Crippen LogP contribution is 2.22. The third-order valence-corrected chi connectivity index (χ3v) is 5.38. The molecule has 4 aromatic carbocycles. The van der Waals surface area contributed by atoms with Crippen LogP contribution in [0.2, 0.25) is 0 Å². The van der Waals surface area contributed by atoms with E-state index in [1.54, 1.807) is 0 Å². The Morgan fingerprint density at radius 3 is 2.29 bits per heavy atom. The predicted octanol–water partition coefficient (Wildman–Crippen LogP) is 6.75. The van der Waals surface area contributed by atoms with Crippen LogP contribution >= 0.6 is 15.9 Å². The maximum atomic E-state index is 12.5. The van der Waals surface area contributed by atoms with Crippen molar-refractivity contribution in [3.05, 3.63) is 112 Å². The minimum Gasteiger partial charge on any atom is -0.322 e. The summed E-state index contributed by atoms with van der Waals surface area (Å²) in [5, 5.41) is 5.43. The van der Waals surface area contributed by atoms with E-state index in [2.05, 4.69) is 57.6 Å². The van der Waals surface area contributed by atoms with Crippen molar-refractivity contribution < 1.29 is 4.79 Å². The smallest absolute Gasteiger partial charge is 0.255 e. The van der Waals surface area contributed by atoms with Gasteiger partial charge < -0.3 is 5.32 Å². The number of benzene rings is 4. The van der Waals surface area contributed by atoms with Gasteiger partial charge >= 0.3 is 0 Å². The summed E-state index contributed by atoms with van der Waals surface area (Å²) >= 11 is 3.52. The van der Waals surface area contributed by atoms with Crippen molar-refractivity contribution in [3.63, 3.8) is 0 Å². The van der Waals surface area contributed by atoms with Crippen LogP contribution in [0.5, 0.6) is 0 Å². The molecule has 0 saturated heterocycles. The average Bonchev–Trinajstić information content (AvgIpc) is 2.70. The molecule has 28 heavy (non-hydrogen) atoms. The van der Waals surface area contributed by atoms with Gasteiger partial charge in [0.25, 0.3) is 5.91 Å². The minimum atomic E-state index is -0.0860.